The molecule has 3 aromatic rings. The Bertz CT molecular complexity index is 860. The van der Waals surface area contributed by atoms with E-state index in [9.17, 15) is 9.90 Å². The van der Waals surface area contributed by atoms with Gasteiger partial charge in [0.15, 0.2) is 0 Å². The fraction of sp³-hybridized carbons (Fsp3) is 0.167. The highest BCUT2D eigenvalue weighted by molar-refractivity contribution is 9.10. The summed E-state index contributed by atoms with van der Waals surface area (Å²) in [5.41, 5.74) is 0.506. The van der Waals surface area contributed by atoms with Crippen molar-refractivity contribution in [3.05, 3.63) is 74.3 Å². The zero-order valence-corrected chi connectivity index (χ0v) is 15.8. The van der Waals surface area contributed by atoms with E-state index in [-0.39, 0.29) is 5.91 Å². The van der Waals surface area contributed by atoms with E-state index in [1.807, 2.05) is 12.1 Å². The molecule has 5 nitrogen and oxygen atoms in total. The molecule has 0 saturated heterocycles. The lowest BCUT2D eigenvalue weighted by atomic mass is 10.2. The van der Waals surface area contributed by atoms with Gasteiger partial charge < -0.3 is 19.6 Å². The predicted molar refractivity (Wildman–Crippen MR) is 99.0 cm³/mol. The van der Waals surface area contributed by atoms with Crippen molar-refractivity contribution in [2.45, 2.75) is 12.6 Å². The first-order valence-electron chi connectivity index (χ1n) is 7.50. The highest BCUT2D eigenvalue weighted by Crippen LogP contribution is 2.29. The Morgan fingerprint density at radius 1 is 1.36 bits per heavy atom. The van der Waals surface area contributed by atoms with Crippen LogP contribution >= 0.6 is 27.3 Å². The van der Waals surface area contributed by atoms with Crippen molar-refractivity contribution in [1.82, 2.24) is 5.32 Å². The number of amides is 1. The molecule has 0 spiro atoms. The molecule has 3 rings (SSSR count). The summed E-state index contributed by atoms with van der Waals surface area (Å²) in [6.07, 6.45) is 0.733. The van der Waals surface area contributed by atoms with E-state index in [0.29, 0.717) is 28.1 Å². The molecule has 0 radical (unpaired) electrons. The second-order valence-electron chi connectivity index (χ2n) is 5.25. The maximum absolute atomic E-state index is 12.4. The van der Waals surface area contributed by atoms with Crippen LogP contribution < -0.4 is 10.1 Å². The Morgan fingerprint density at radius 3 is 2.92 bits per heavy atom. The number of halogens is 1. The minimum Gasteiger partial charge on any atom is -0.497 e. The molecule has 1 unspecified atom stereocenters. The average Bonchev–Trinajstić information content (AvgIpc) is 3.31. The third kappa shape index (κ3) is 4.12. The highest BCUT2D eigenvalue weighted by atomic mass is 79.9. The van der Waals surface area contributed by atoms with E-state index in [2.05, 4.69) is 21.2 Å². The number of methoxy groups -OCH3 is 1. The van der Waals surface area contributed by atoms with E-state index in [1.54, 1.807) is 37.4 Å². The van der Waals surface area contributed by atoms with E-state index < -0.39 is 6.10 Å². The van der Waals surface area contributed by atoms with Gasteiger partial charge in [-0.1, -0.05) is 0 Å². The second kappa shape index (κ2) is 7.86. The molecule has 130 valence electrons. The first-order chi connectivity index (χ1) is 12.1. The van der Waals surface area contributed by atoms with E-state index >= 15 is 0 Å². The zero-order chi connectivity index (χ0) is 17.8. The minimum absolute atomic E-state index is 0.202. The van der Waals surface area contributed by atoms with Gasteiger partial charge in [0.05, 0.1) is 25.5 Å². The smallest absolute Gasteiger partial charge is 0.252 e. The Balaban J connectivity index is 1.65. The number of hydrogen-bond donors (Lipinski definition) is 2. The molecule has 2 N–H and O–H groups in total. The largest absolute Gasteiger partial charge is 0.497 e. The van der Waals surface area contributed by atoms with Crippen molar-refractivity contribution >= 4 is 33.2 Å². The van der Waals surface area contributed by atoms with E-state index in [0.717, 1.165) is 9.75 Å². The lowest BCUT2D eigenvalue weighted by Gasteiger charge is -2.08. The fourth-order valence-corrected chi connectivity index (χ4v) is 3.67. The lowest BCUT2D eigenvalue weighted by Crippen LogP contribution is -2.22. The fourth-order valence-electron chi connectivity index (χ4n) is 2.29. The Hall–Kier alpha value is -2.09. The van der Waals surface area contributed by atoms with Gasteiger partial charge in [0.25, 0.3) is 5.91 Å². The van der Waals surface area contributed by atoms with Gasteiger partial charge in [-0.05, 0) is 58.4 Å². The van der Waals surface area contributed by atoms with Crippen LogP contribution in [0, 0.1) is 0 Å². The van der Waals surface area contributed by atoms with Crippen LogP contribution in [0.15, 0.2) is 57.6 Å². The van der Waals surface area contributed by atoms with Crippen molar-refractivity contribution in [3.63, 3.8) is 0 Å². The van der Waals surface area contributed by atoms with Crippen molar-refractivity contribution in [3.8, 4) is 5.75 Å². The van der Waals surface area contributed by atoms with Crippen LogP contribution in [-0.2, 0) is 6.54 Å². The summed E-state index contributed by atoms with van der Waals surface area (Å²) in [5, 5.41) is 13.1. The first-order valence-corrected chi connectivity index (χ1v) is 9.11. The molecule has 1 atom stereocenters. The van der Waals surface area contributed by atoms with Crippen LogP contribution in [0.5, 0.6) is 5.75 Å². The van der Waals surface area contributed by atoms with Crippen LogP contribution in [0.25, 0.3) is 0 Å². The maximum atomic E-state index is 12.4. The van der Waals surface area contributed by atoms with Crippen molar-refractivity contribution < 1.29 is 19.1 Å². The zero-order valence-electron chi connectivity index (χ0n) is 13.4. The van der Waals surface area contributed by atoms with Crippen LogP contribution in [-0.4, -0.2) is 18.1 Å². The molecule has 0 bridgehead atoms. The summed E-state index contributed by atoms with van der Waals surface area (Å²) in [4.78, 5) is 14.1. The van der Waals surface area contributed by atoms with Gasteiger partial charge in [-0.2, -0.15) is 0 Å². The molecular weight excluding hydrogens is 406 g/mol. The molecule has 1 aromatic carbocycles. The Morgan fingerprint density at radius 2 is 2.20 bits per heavy atom. The third-order valence-corrected chi connectivity index (χ3v) is 5.44. The van der Waals surface area contributed by atoms with Gasteiger partial charge in [-0.25, -0.2) is 0 Å². The number of carbonyl (C=O) groups is 1. The second-order valence-corrected chi connectivity index (χ2v) is 7.30. The van der Waals surface area contributed by atoms with Crippen molar-refractivity contribution in [2.24, 2.45) is 0 Å². The number of ether oxygens (including phenoxy) is 1. The molecule has 2 aromatic heterocycles. The molecular formula is C18H16BrNO4S. The maximum Gasteiger partial charge on any atom is 0.252 e. The van der Waals surface area contributed by atoms with Gasteiger partial charge in [0, 0.05) is 14.2 Å². The first kappa shape index (κ1) is 17.7. The number of carbonyl (C=O) groups excluding carboxylic acids is 1. The number of nitrogens with one attached hydrogen (secondary N) is 1. The summed E-state index contributed by atoms with van der Waals surface area (Å²) in [6.45, 7) is 0.373. The summed E-state index contributed by atoms with van der Waals surface area (Å²) in [6, 6.07) is 12.4. The Kier molecular flexibility index (Phi) is 5.57. The van der Waals surface area contributed by atoms with Crippen molar-refractivity contribution in [2.75, 3.05) is 7.11 Å². The summed E-state index contributed by atoms with van der Waals surface area (Å²) in [7, 11) is 1.56. The monoisotopic (exact) mass is 421 g/mol. The van der Waals surface area contributed by atoms with Crippen LogP contribution in [0.3, 0.4) is 0 Å². The molecule has 0 fully saturated rings. The lowest BCUT2D eigenvalue weighted by molar-refractivity contribution is 0.0950. The summed E-state index contributed by atoms with van der Waals surface area (Å²) >= 11 is 4.80. The standard InChI is InChI=1S/C18H16BrNO4S/c1-23-11-4-6-14(19)13(9-11)18(22)20-10-12-5-7-16(25-12)17(21)15-3-2-8-24-15/h2-9,17,21H,10H2,1H3,(H,20,22). The van der Waals surface area contributed by atoms with Gasteiger partial charge >= 0.3 is 0 Å². The van der Waals surface area contributed by atoms with Crippen LogP contribution in [0.4, 0.5) is 0 Å². The summed E-state index contributed by atoms with van der Waals surface area (Å²) in [5.74, 6) is 0.915. The number of benzene rings is 1. The number of aliphatic hydroxyl groups excluding tert-OH is 1. The number of thiophene rings is 1. The molecule has 0 saturated carbocycles. The van der Waals surface area contributed by atoms with Crippen molar-refractivity contribution in [1.29, 1.82) is 0 Å². The van der Waals surface area contributed by atoms with E-state index in [1.165, 1.54) is 17.6 Å². The molecule has 0 aliphatic heterocycles. The SMILES string of the molecule is COc1ccc(Br)c(C(=O)NCc2ccc(C(O)c3ccco3)s2)c1. The normalized spacial score (nSPS) is 12.0. The molecule has 25 heavy (non-hydrogen) atoms. The number of hydrogen-bond acceptors (Lipinski definition) is 5. The highest BCUT2D eigenvalue weighted by Gasteiger charge is 2.16. The third-order valence-electron chi connectivity index (χ3n) is 3.61. The average molecular weight is 422 g/mol. The van der Waals surface area contributed by atoms with Crippen LogP contribution in [0.2, 0.25) is 0 Å². The quantitative estimate of drug-likeness (QED) is 0.627. The minimum atomic E-state index is -0.794. The number of rotatable bonds is 6. The molecule has 1 amide bonds. The predicted octanol–water partition coefficient (Wildman–Crippen LogP) is 4.12. The number of aliphatic hydroxyl groups is 1. The van der Waals surface area contributed by atoms with E-state index in [4.69, 9.17) is 9.15 Å². The molecule has 0 aliphatic carbocycles. The summed E-state index contributed by atoms with van der Waals surface area (Å²) < 4.78 is 11.1. The molecule has 0 aliphatic rings. The topological polar surface area (TPSA) is 71.7 Å². The number of furan rings is 1. The van der Waals surface area contributed by atoms with Gasteiger partial charge in [-0.15, -0.1) is 11.3 Å². The van der Waals surface area contributed by atoms with Crippen LogP contribution in [0.1, 0.15) is 32.0 Å². The molecule has 7 heteroatoms. The van der Waals surface area contributed by atoms with Gasteiger partial charge in [0.1, 0.15) is 17.6 Å². The Labute approximate surface area is 157 Å². The van der Waals surface area contributed by atoms with Gasteiger partial charge in [-0.3, -0.25) is 4.79 Å². The van der Waals surface area contributed by atoms with Gasteiger partial charge in [0.2, 0.25) is 0 Å². The molecule has 2 heterocycles.